The van der Waals surface area contributed by atoms with Gasteiger partial charge in [-0.1, -0.05) is 11.6 Å². The van der Waals surface area contributed by atoms with E-state index in [-0.39, 0.29) is 62.8 Å². The van der Waals surface area contributed by atoms with Crippen molar-refractivity contribution in [1.29, 1.82) is 0 Å². The largest absolute Gasteiger partial charge is 0.507 e. The van der Waals surface area contributed by atoms with Gasteiger partial charge in [0.25, 0.3) is 0 Å². The van der Waals surface area contributed by atoms with Gasteiger partial charge in [-0.05, 0) is 64.5 Å². The number of carbonyl (C=O) groups is 5. The van der Waals surface area contributed by atoms with Crippen molar-refractivity contribution in [2.45, 2.75) is 18.8 Å². The number of phenolic OH excluding ortho intramolecular Hbond substituents is 1. The molecule has 220 valence electrons. The van der Waals surface area contributed by atoms with Crippen molar-refractivity contribution in [2.24, 2.45) is 17.8 Å². The monoisotopic (exact) mass is 649 g/mol. The normalized spacial score (nSPS) is 24.7. The van der Waals surface area contributed by atoms with Crippen LogP contribution in [-0.4, -0.2) is 58.9 Å². The number of aromatic carboxylic acids is 1. The van der Waals surface area contributed by atoms with Crippen molar-refractivity contribution in [3.05, 3.63) is 74.8 Å². The van der Waals surface area contributed by atoms with E-state index >= 15 is 0 Å². The van der Waals surface area contributed by atoms with Crippen molar-refractivity contribution in [1.82, 2.24) is 0 Å². The van der Waals surface area contributed by atoms with E-state index in [0.717, 1.165) is 17.0 Å². The number of anilines is 1. The molecule has 2 aromatic rings. The SMILES string of the molecule is COc1cc([C@H]2C3=CC[C@@H]4C(=O)N(c5ccc(C(=O)O)c(O)c5)C(=O)[C@@H]4[C@@H]3CC3=C2C(=O)C=C(Br)C3=O)cc(OC)c1O. The number of fused-ring (bicyclic) bond motifs is 3. The molecule has 0 spiro atoms. The molecule has 43 heavy (non-hydrogen) atoms. The van der Waals surface area contributed by atoms with Gasteiger partial charge < -0.3 is 24.8 Å². The summed E-state index contributed by atoms with van der Waals surface area (Å²) in [6.07, 6.45) is 3.25. The van der Waals surface area contributed by atoms with Crippen LogP contribution in [0.2, 0.25) is 0 Å². The number of aromatic hydroxyl groups is 2. The predicted octanol–water partition coefficient (Wildman–Crippen LogP) is 3.78. The van der Waals surface area contributed by atoms with Crippen molar-refractivity contribution in [2.75, 3.05) is 19.1 Å². The molecule has 11 nitrogen and oxygen atoms in total. The Labute approximate surface area is 252 Å². The number of halogens is 1. The van der Waals surface area contributed by atoms with Crippen LogP contribution in [0.15, 0.2) is 63.7 Å². The van der Waals surface area contributed by atoms with Gasteiger partial charge in [-0.25, -0.2) is 9.69 Å². The third-order valence-corrected chi connectivity index (χ3v) is 9.23. The first-order chi connectivity index (χ1) is 20.5. The number of imide groups is 1. The Kier molecular flexibility index (Phi) is 6.76. The molecule has 0 unspecified atom stereocenters. The summed E-state index contributed by atoms with van der Waals surface area (Å²) in [6, 6.07) is 6.57. The summed E-state index contributed by atoms with van der Waals surface area (Å²) in [4.78, 5) is 66.9. The third-order valence-electron chi connectivity index (χ3n) is 8.64. The highest BCUT2D eigenvalue weighted by Gasteiger charge is 2.56. The molecule has 0 bridgehead atoms. The average molecular weight is 650 g/mol. The number of carboxylic acids is 1. The lowest BCUT2D eigenvalue weighted by molar-refractivity contribution is -0.123. The summed E-state index contributed by atoms with van der Waals surface area (Å²) in [5, 5.41) is 30.1. The lowest BCUT2D eigenvalue weighted by atomic mass is 9.59. The van der Waals surface area contributed by atoms with E-state index in [1.807, 2.05) is 6.08 Å². The summed E-state index contributed by atoms with van der Waals surface area (Å²) < 4.78 is 10.8. The number of benzene rings is 2. The van der Waals surface area contributed by atoms with E-state index in [1.54, 1.807) is 12.1 Å². The Bertz CT molecular complexity index is 1740. The molecule has 3 aliphatic carbocycles. The Balaban J connectivity index is 1.49. The van der Waals surface area contributed by atoms with Gasteiger partial charge >= 0.3 is 5.97 Å². The van der Waals surface area contributed by atoms with Gasteiger partial charge in [0.05, 0.1) is 36.2 Å². The standard InChI is InChI=1S/C31H24BrNO10/c1-42-22-7-12(8-23(43-2)28(22)37)24-14-5-6-16-25(17(14)10-18-26(24)21(35)11-19(32)27(18)36)30(39)33(29(16)38)13-3-4-15(31(40)41)20(34)9-13/h3-5,7-9,11,16-17,24-25,34,37H,6,10H2,1-2H3,(H,40,41)/t16-,17+,24-,25-/m0/s1. The van der Waals surface area contributed by atoms with Gasteiger partial charge in [0.1, 0.15) is 11.3 Å². The minimum absolute atomic E-state index is 0.0309. The maximum Gasteiger partial charge on any atom is 0.339 e. The highest BCUT2D eigenvalue weighted by Crippen LogP contribution is 2.56. The molecule has 1 fully saturated rings. The van der Waals surface area contributed by atoms with Gasteiger partial charge in [-0.2, -0.15) is 0 Å². The highest BCUT2D eigenvalue weighted by atomic mass is 79.9. The van der Waals surface area contributed by atoms with Crippen LogP contribution >= 0.6 is 15.9 Å². The first kappa shape index (κ1) is 28.4. The van der Waals surface area contributed by atoms with Crippen LogP contribution in [0.3, 0.4) is 0 Å². The van der Waals surface area contributed by atoms with Crippen LogP contribution in [0.4, 0.5) is 5.69 Å². The maximum absolute atomic E-state index is 14.0. The summed E-state index contributed by atoms with van der Waals surface area (Å²) >= 11 is 3.19. The molecule has 0 saturated carbocycles. The molecular weight excluding hydrogens is 626 g/mol. The minimum atomic E-state index is -1.36. The number of rotatable bonds is 5. The first-order valence-electron chi connectivity index (χ1n) is 13.3. The number of ketones is 2. The molecule has 0 radical (unpaired) electrons. The number of carbonyl (C=O) groups excluding carboxylic acids is 4. The second-order valence-corrected chi connectivity index (χ2v) is 11.5. The molecule has 4 aliphatic rings. The van der Waals surface area contributed by atoms with Gasteiger partial charge in [0.15, 0.2) is 23.1 Å². The summed E-state index contributed by atoms with van der Waals surface area (Å²) in [6.45, 7) is 0. The zero-order chi connectivity index (χ0) is 30.9. The molecule has 6 rings (SSSR count). The van der Waals surface area contributed by atoms with E-state index in [4.69, 9.17) is 9.47 Å². The highest BCUT2D eigenvalue weighted by molar-refractivity contribution is 9.12. The molecule has 4 atom stereocenters. The maximum atomic E-state index is 14.0. The molecule has 1 aliphatic heterocycles. The molecule has 2 amide bonds. The fraction of sp³-hybridized carbons (Fsp3) is 0.258. The number of hydrogen-bond acceptors (Lipinski definition) is 9. The van der Waals surface area contributed by atoms with Crippen molar-refractivity contribution in [3.63, 3.8) is 0 Å². The fourth-order valence-corrected chi connectivity index (χ4v) is 7.21. The fourth-order valence-electron chi connectivity index (χ4n) is 6.76. The molecular formula is C31H24BrNO10. The second kappa shape index (κ2) is 10.2. The molecule has 1 heterocycles. The van der Waals surface area contributed by atoms with Crippen molar-refractivity contribution < 1.29 is 48.8 Å². The second-order valence-electron chi connectivity index (χ2n) is 10.7. The molecule has 12 heteroatoms. The van der Waals surface area contributed by atoms with Crippen LogP contribution < -0.4 is 14.4 Å². The van der Waals surface area contributed by atoms with Gasteiger partial charge in [0, 0.05) is 29.2 Å². The number of carboxylic acid groups (broad SMARTS) is 1. The first-order valence-corrected chi connectivity index (χ1v) is 14.1. The number of allylic oxidation sites excluding steroid dienone is 6. The predicted molar refractivity (Wildman–Crippen MR) is 153 cm³/mol. The number of phenols is 2. The summed E-state index contributed by atoms with van der Waals surface area (Å²) in [5.74, 6) is -6.99. The van der Waals surface area contributed by atoms with E-state index in [1.165, 1.54) is 26.4 Å². The molecule has 1 saturated heterocycles. The molecule has 0 aromatic heterocycles. The zero-order valence-corrected chi connectivity index (χ0v) is 24.4. The minimum Gasteiger partial charge on any atom is -0.507 e. The van der Waals surface area contributed by atoms with Crippen LogP contribution in [0, 0.1) is 17.8 Å². The van der Waals surface area contributed by atoms with E-state index < -0.39 is 53.0 Å². The van der Waals surface area contributed by atoms with Crippen LogP contribution in [0.1, 0.15) is 34.7 Å². The number of nitrogens with zero attached hydrogens (tertiary/aromatic N) is 1. The van der Waals surface area contributed by atoms with Crippen molar-refractivity contribution in [3.8, 4) is 23.0 Å². The lowest BCUT2D eigenvalue weighted by Gasteiger charge is -2.42. The number of Topliss-reactive ketones (excluding diaryl/α,β-unsaturated/α-hetero) is 1. The van der Waals surface area contributed by atoms with Crippen LogP contribution in [0.5, 0.6) is 23.0 Å². The summed E-state index contributed by atoms with van der Waals surface area (Å²) in [7, 11) is 2.73. The van der Waals surface area contributed by atoms with Gasteiger partial charge in [-0.15, -0.1) is 0 Å². The number of hydrogen-bond donors (Lipinski definition) is 3. The molecule has 2 aromatic carbocycles. The third kappa shape index (κ3) is 4.19. The van der Waals surface area contributed by atoms with E-state index in [9.17, 15) is 39.3 Å². The van der Waals surface area contributed by atoms with E-state index in [0.29, 0.717) is 11.1 Å². The van der Waals surface area contributed by atoms with Crippen molar-refractivity contribution >= 4 is 51.0 Å². The van der Waals surface area contributed by atoms with Crippen LogP contribution in [0.25, 0.3) is 0 Å². The quantitative estimate of drug-likeness (QED) is 0.246. The lowest BCUT2D eigenvalue weighted by Crippen LogP contribution is -2.39. The van der Waals surface area contributed by atoms with Crippen LogP contribution in [-0.2, 0) is 19.2 Å². The number of methoxy groups -OCH3 is 2. The van der Waals surface area contributed by atoms with Gasteiger partial charge in [0.2, 0.25) is 17.6 Å². The molecule has 3 N–H and O–H groups in total. The smallest absolute Gasteiger partial charge is 0.339 e. The topological polar surface area (TPSA) is 168 Å². The Morgan fingerprint density at radius 1 is 0.977 bits per heavy atom. The van der Waals surface area contributed by atoms with Gasteiger partial charge in [-0.3, -0.25) is 19.2 Å². The number of ether oxygens (including phenoxy) is 2. The Morgan fingerprint density at radius 3 is 2.26 bits per heavy atom. The number of amides is 2. The Morgan fingerprint density at radius 2 is 1.65 bits per heavy atom. The zero-order valence-electron chi connectivity index (χ0n) is 22.8. The summed E-state index contributed by atoms with van der Waals surface area (Å²) in [5.41, 5.74) is 1.28. The van der Waals surface area contributed by atoms with E-state index in [2.05, 4.69) is 15.9 Å². The average Bonchev–Trinajstić information content (AvgIpc) is 3.24. The Hall–Kier alpha value is -4.71.